The van der Waals surface area contributed by atoms with Crippen molar-refractivity contribution in [2.24, 2.45) is 16.7 Å². The minimum atomic E-state index is -0.525. The molecule has 0 heterocycles. The minimum absolute atomic E-state index is 0.0763. The molecule has 17 heavy (non-hydrogen) atoms. The Morgan fingerprint density at radius 3 is 2.53 bits per heavy atom. The Morgan fingerprint density at radius 2 is 2.06 bits per heavy atom. The van der Waals surface area contributed by atoms with Crippen LogP contribution in [0.5, 0.6) is 0 Å². The van der Waals surface area contributed by atoms with Gasteiger partial charge >= 0.3 is 6.09 Å². The number of amides is 1. The molecule has 0 spiro atoms. The van der Waals surface area contributed by atoms with Crippen molar-refractivity contribution in [1.82, 2.24) is 10.9 Å². The van der Waals surface area contributed by atoms with Gasteiger partial charge in [0.05, 0.1) is 19.3 Å². The molecular formula is C12H22N2O3. The Bertz CT molecular complexity index is 332. The maximum atomic E-state index is 11.0. The smallest absolute Gasteiger partial charge is 0.421 e. The summed E-state index contributed by atoms with van der Waals surface area (Å²) in [5.74, 6) is 0.375. The molecule has 2 aliphatic carbocycles. The number of aliphatic hydroxyl groups excluding tert-OH is 1. The molecule has 2 aliphatic rings. The lowest BCUT2D eigenvalue weighted by atomic mass is 9.70. The topological polar surface area (TPSA) is 70.6 Å². The average Bonchev–Trinajstić information content (AvgIpc) is 2.59. The quantitative estimate of drug-likeness (QED) is 0.633. The number of aliphatic hydroxyl groups is 1. The van der Waals surface area contributed by atoms with E-state index in [0.29, 0.717) is 5.92 Å². The molecule has 2 rings (SSSR count). The second-order valence-corrected chi connectivity index (χ2v) is 6.02. The summed E-state index contributed by atoms with van der Waals surface area (Å²) in [4.78, 5) is 11.0. The Balaban J connectivity index is 2.09. The normalized spacial score (nSPS) is 42.5. The van der Waals surface area contributed by atoms with Crippen LogP contribution in [0.4, 0.5) is 4.79 Å². The third-order valence-corrected chi connectivity index (χ3v) is 5.33. The van der Waals surface area contributed by atoms with Gasteiger partial charge in [-0.2, -0.15) is 0 Å². The summed E-state index contributed by atoms with van der Waals surface area (Å²) in [6.07, 6.45) is 1.17. The van der Waals surface area contributed by atoms with Crippen LogP contribution in [0.1, 0.15) is 33.6 Å². The largest absolute Gasteiger partial charge is 0.452 e. The Kier molecular flexibility index (Phi) is 2.86. The zero-order valence-corrected chi connectivity index (χ0v) is 10.9. The van der Waals surface area contributed by atoms with Crippen LogP contribution < -0.4 is 10.9 Å². The summed E-state index contributed by atoms with van der Waals surface area (Å²) in [6, 6.07) is -0.0946. The van der Waals surface area contributed by atoms with Crippen molar-refractivity contribution in [2.75, 3.05) is 7.11 Å². The molecule has 3 N–H and O–H groups in total. The lowest BCUT2D eigenvalue weighted by Gasteiger charge is -2.37. The number of methoxy groups -OCH3 is 1. The molecule has 0 aromatic carbocycles. The minimum Gasteiger partial charge on any atom is -0.452 e. The van der Waals surface area contributed by atoms with Gasteiger partial charge in [0, 0.05) is 5.41 Å². The molecule has 2 saturated carbocycles. The van der Waals surface area contributed by atoms with E-state index in [0.717, 1.165) is 12.8 Å². The lowest BCUT2D eigenvalue weighted by molar-refractivity contribution is -0.00208. The number of hydrogen-bond acceptors (Lipinski definition) is 4. The molecule has 0 radical (unpaired) electrons. The fourth-order valence-corrected chi connectivity index (χ4v) is 3.71. The molecule has 5 nitrogen and oxygen atoms in total. The van der Waals surface area contributed by atoms with Crippen molar-refractivity contribution in [3.8, 4) is 0 Å². The monoisotopic (exact) mass is 242 g/mol. The highest BCUT2D eigenvalue weighted by molar-refractivity contribution is 5.66. The highest BCUT2D eigenvalue weighted by Crippen LogP contribution is 2.65. The van der Waals surface area contributed by atoms with Gasteiger partial charge in [0.1, 0.15) is 0 Å². The van der Waals surface area contributed by atoms with Crippen molar-refractivity contribution in [3.05, 3.63) is 0 Å². The first-order valence-corrected chi connectivity index (χ1v) is 6.12. The number of nitrogens with one attached hydrogen (secondary N) is 2. The number of carbonyl (C=O) groups excluding carboxylic acids is 1. The van der Waals surface area contributed by atoms with Gasteiger partial charge in [-0.15, -0.1) is 0 Å². The van der Waals surface area contributed by atoms with E-state index in [1.165, 1.54) is 7.11 Å². The van der Waals surface area contributed by atoms with E-state index < -0.39 is 12.2 Å². The first-order chi connectivity index (χ1) is 7.84. The Morgan fingerprint density at radius 1 is 1.41 bits per heavy atom. The fraction of sp³-hybridized carbons (Fsp3) is 0.917. The van der Waals surface area contributed by atoms with Gasteiger partial charge in [-0.1, -0.05) is 20.8 Å². The van der Waals surface area contributed by atoms with Crippen molar-refractivity contribution < 1.29 is 14.6 Å². The van der Waals surface area contributed by atoms with E-state index >= 15 is 0 Å². The summed E-state index contributed by atoms with van der Waals surface area (Å²) in [5.41, 5.74) is 5.40. The van der Waals surface area contributed by atoms with Crippen molar-refractivity contribution in [2.45, 2.75) is 45.8 Å². The van der Waals surface area contributed by atoms with Crippen LogP contribution in [0, 0.1) is 16.7 Å². The molecule has 98 valence electrons. The van der Waals surface area contributed by atoms with Crippen molar-refractivity contribution >= 4 is 6.09 Å². The zero-order chi connectivity index (χ0) is 12.8. The van der Waals surface area contributed by atoms with Crippen molar-refractivity contribution in [1.29, 1.82) is 0 Å². The zero-order valence-electron chi connectivity index (χ0n) is 10.9. The lowest BCUT2D eigenvalue weighted by Crippen LogP contribution is -2.53. The van der Waals surface area contributed by atoms with Gasteiger partial charge in [0.2, 0.25) is 0 Å². The van der Waals surface area contributed by atoms with Crippen LogP contribution in [-0.4, -0.2) is 30.5 Å². The Labute approximate surface area is 102 Å². The SMILES string of the molecule is COC(=O)NNC1C(O)[C@]2(C)CC[C@H]1C2(C)C. The summed E-state index contributed by atoms with van der Waals surface area (Å²) >= 11 is 0. The van der Waals surface area contributed by atoms with Gasteiger partial charge in [0.25, 0.3) is 0 Å². The molecule has 0 aromatic rings. The summed E-state index contributed by atoms with van der Waals surface area (Å²) < 4.78 is 4.51. The van der Waals surface area contributed by atoms with Crippen LogP contribution in [0.15, 0.2) is 0 Å². The molecule has 1 amide bonds. The molecule has 2 unspecified atom stereocenters. The van der Waals surface area contributed by atoms with Gasteiger partial charge in [-0.05, 0) is 24.2 Å². The molecule has 4 atom stereocenters. The summed E-state index contributed by atoms with van der Waals surface area (Å²) in [6.45, 7) is 6.54. The van der Waals surface area contributed by atoms with Crippen LogP contribution in [-0.2, 0) is 4.74 Å². The average molecular weight is 242 g/mol. The first-order valence-electron chi connectivity index (χ1n) is 6.12. The number of hydrazine groups is 1. The third-order valence-electron chi connectivity index (χ3n) is 5.33. The van der Waals surface area contributed by atoms with E-state index in [4.69, 9.17) is 0 Å². The predicted molar refractivity (Wildman–Crippen MR) is 63.1 cm³/mol. The van der Waals surface area contributed by atoms with Crippen LogP contribution in [0.2, 0.25) is 0 Å². The second kappa shape index (κ2) is 3.85. The summed E-state index contributed by atoms with van der Waals surface area (Å²) in [5, 5.41) is 10.4. The predicted octanol–water partition coefficient (Wildman–Crippen LogP) is 1.03. The van der Waals surface area contributed by atoms with Crippen LogP contribution in [0.25, 0.3) is 0 Å². The van der Waals surface area contributed by atoms with E-state index in [2.05, 4.69) is 36.4 Å². The van der Waals surface area contributed by atoms with E-state index in [9.17, 15) is 9.90 Å². The van der Waals surface area contributed by atoms with Gasteiger partial charge in [-0.25, -0.2) is 10.2 Å². The molecule has 0 aliphatic heterocycles. The number of fused-ring (bicyclic) bond motifs is 2. The van der Waals surface area contributed by atoms with Gasteiger partial charge < -0.3 is 9.84 Å². The number of carbonyl (C=O) groups is 1. The maximum absolute atomic E-state index is 11.0. The molecule has 0 aromatic heterocycles. The first kappa shape index (κ1) is 12.6. The number of hydrogen-bond donors (Lipinski definition) is 3. The van der Waals surface area contributed by atoms with E-state index in [1.54, 1.807) is 0 Å². The molecular weight excluding hydrogens is 220 g/mol. The summed E-state index contributed by atoms with van der Waals surface area (Å²) in [7, 11) is 1.32. The molecule has 5 heteroatoms. The fourth-order valence-electron chi connectivity index (χ4n) is 3.71. The molecule has 0 saturated heterocycles. The van der Waals surface area contributed by atoms with Gasteiger partial charge in [-0.3, -0.25) is 5.43 Å². The number of rotatable bonds is 2. The standard InChI is InChI=1S/C12H22N2O3/c1-11(2)7-5-6-12(11,3)9(15)8(7)13-14-10(16)17-4/h7-9,13,15H,5-6H2,1-4H3,(H,14,16)/t7-,8?,9?,12+/m1/s1. The second-order valence-electron chi connectivity index (χ2n) is 6.02. The van der Waals surface area contributed by atoms with Crippen LogP contribution >= 0.6 is 0 Å². The maximum Gasteiger partial charge on any atom is 0.421 e. The molecule has 2 fully saturated rings. The van der Waals surface area contributed by atoms with E-state index in [1.807, 2.05) is 0 Å². The highest BCUT2D eigenvalue weighted by Gasteiger charge is 2.65. The van der Waals surface area contributed by atoms with Crippen LogP contribution in [0.3, 0.4) is 0 Å². The molecule has 2 bridgehead atoms. The number of ether oxygens (including phenoxy) is 1. The van der Waals surface area contributed by atoms with Crippen molar-refractivity contribution in [3.63, 3.8) is 0 Å². The van der Waals surface area contributed by atoms with Gasteiger partial charge in [0.15, 0.2) is 0 Å². The highest BCUT2D eigenvalue weighted by atomic mass is 16.5. The van der Waals surface area contributed by atoms with E-state index in [-0.39, 0.29) is 16.9 Å². The third kappa shape index (κ3) is 1.56. The Hall–Kier alpha value is -0.810.